The highest BCUT2D eigenvalue weighted by Crippen LogP contribution is 2.06. The largest absolute Gasteiger partial charge is 0.270 e. The van der Waals surface area contributed by atoms with Crippen molar-refractivity contribution >= 4 is 16.3 Å². The predicted molar refractivity (Wildman–Crippen MR) is 36.4 cm³/mol. The fraction of sp³-hybridized carbons (Fsp3) is 1.00. The van der Waals surface area contributed by atoms with E-state index in [1.807, 2.05) is 7.05 Å². The van der Waals surface area contributed by atoms with Gasteiger partial charge in [-0.1, -0.05) is 20.3 Å². The van der Waals surface area contributed by atoms with Crippen molar-refractivity contribution in [2.24, 2.45) is 5.84 Å². The minimum Gasteiger partial charge on any atom is -0.270 e. The Balaban J connectivity index is 3.71. The summed E-state index contributed by atoms with van der Waals surface area (Å²) < 4.78 is 0.0694. The van der Waals surface area contributed by atoms with Crippen LogP contribution in [-0.2, 0) is 0 Å². The van der Waals surface area contributed by atoms with Gasteiger partial charge in [-0.25, -0.2) is 0 Å². The number of hydrogen-bond acceptors (Lipinski definition) is 2. The lowest BCUT2D eigenvalue weighted by atomic mass is 10.2. The van der Waals surface area contributed by atoms with Crippen molar-refractivity contribution in [1.82, 2.24) is 5.01 Å². The van der Waals surface area contributed by atoms with Crippen molar-refractivity contribution in [3.63, 3.8) is 0 Å². The molecule has 0 aromatic heterocycles. The summed E-state index contributed by atoms with van der Waals surface area (Å²) in [5.74, 6) is 5.49. The van der Waals surface area contributed by atoms with E-state index < -0.39 is 0 Å². The zero-order valence-corrected chi connectivity index (χ0v) is 6.96. The van der Waals surface area contributed by atoms with Crippen LogP contribution >= 0.6 is 0 Å². The molecule has 1 unspecified atom stereocenters. The maximum absolute atomic E-state index is 5.49. The molecule has 0 aromatic rings. The van der Waals surface area contributed by atoms with Crippen LogP contribution in [0, 0.1) is 0 Å². The van der Waals surface area contributed by atoms with Gasteiger partial charge in [0.2, 0.25) is 0 Å². The molecule has 0 bridgehead atoms. The van der Waals surface area contributed by atoms with Crippen LogP contribution in [0.2, 0.25) is 0 Å². The minimum atomic E-state index is 0.0694. The third-order valence-electron chi connectivity index (χ3n) is 1.52. The molecule has 2 N–H and O–H groups in total. The van der Waals surface area contributed by atoms with Gasteiger partial charge in [0.25, 0.3) is 0 Å². The maximum atomic E-state index is 5.49. The maximum Gasteiger partial charge on any atom is 0.157 e. The highest BCUT2D eigenvalue weighted by atomic mass is 27.0. The zero-order chi connectivity index (χ0) is 6.78. The van der Waals surface area contributed by atoms with E-state index in [2.05, 4.69) is 30.1 Å². The third kappa shape index (κ3) is 2.15. The molecule has 0 amide bonds. The van der Waals surface area contributed by atoms with E-state index in [0.717, 1.165) is 6.42 Å². The number of hydrogen-bond donors (Lipinski definition) is 1. The summed E-state index contributed by atoms with van der Waals surface area (Å²) in [5, 5.41) is 1.71. The topological polar surface area (TPSA) is 29.3 Å². The van der Waals surface area contributed by atoms with Crippen molar-refractivity contribution in [3.05, 3.63) is 0 Å². The first-order chi connectivity index (χ1) is 3.50. The van der Waals surface area contributed by atoms with Gasteiger partial charge in [0.1, 0.15) is 0 Å². The third-order valence-corrected chi connectivity index (χ3v) is 2.34. The Kier molecular flexibility index (Phi) is 3.00. The van der Waals surface area contributed by atoms with E-state index in [0.29, 0.717) is 0 Å². The normalized spacial score (nSPS) is 18.6. The van der Waals surface area contributed by atoms with Crippen molar-refractivity contribution in [2.45, 2.75) is 24.7 Å². The van der Waals surface area contributed by atoms with E-state index >= 15 is 0 Å². The molecule has 0 aromatic carbocycles. The number of nitrogens with zero attached hydrogens (tertiary/aromatic N) is 1. The van der Waals surface area contributed by atoms with Gasteiger partial charge in [-0.2, -0.15) is 0 Å². The van der Waals surface area contributed by atoms with Crippen LogP contribution in [-0.4, -0.2) is 32.7 Å². The summed E-state index contributed by atoms with van der Waals surface area (Å²) in [6.45, 7) is 4.19. The van der Waals surface area contributed by atoms with Crippen LogP contribution in [0.1, 0.15) is 20.3 Å². The summed E-state index contributed by atoms with van der Waals surface area (Å²) in [5.41, 5.74) is 0. The van der Waals surface area contributed by atoms with Crippen LogP contribution < -0.4 is 5.84 Å². The molecular formula is C5H13AlN2. The Morgan fingerprint density at radius 1 is 1.75 bits per heavy atom. The predicted octanol–water partition coefficient (Wildman–Crippen LogP) is 0.0866. The number of nitrogens with two attached hydrogens (primary N) is 1. The molecule has 0 fully saturated rings. The average Bonchev–Trinajstić information content (AvgIpc) is 1.67. The molecule has 2 nitrogen and oxygen atoms in total. The fourth-order valence-corrected chi connectivity index (χ4v) is 0.249. The van der Waals surface area contributed by atoms with E-state index in [1.165, 1.54) is 0 Å². The lowest BCUT2D eigenvalue weighted by molar-refractivity contribution is 0.218. The standard InChI is InChI=1S/C5H13N2.Al/c1-4-5(2)7(3)6;/h4,6H2,1-3H3;. The first-order valence-corrected chi connectivity index (χ1v) is 3.36. The van der Waals surface area contributed by atoms with Gasteiger partial charge in [0.15, 0.2) is 16.3 Å². The lowest BCUT2D eigenvalue weighted by Gasteiger charge is -2.32. The van der Waals surface area contributed by atoms with Crippen LogP contribution in [0.25, 0.3) is 0 Å². The molecule has 1 atom stereocenters. The van der Waals surface area contributed by atoms with E-state index in [9.17, 15) is 0 Å². The van der Waals surface area contributed by atoms with Gasteiger partial charge in [-0.15, -0.1) is 0 Å². The first kappa shape index (κ1) is 8.45. The second kappa shape index (κ2) is 2.84. The fourth-order valence-electron chi connectivity index (χ4n) is 0.249. The van der Waals surface area contributed by atoms with Gasteiger partial charge in [-0.3, -0.25) is 10.9 Å². The summed E-state index contributed by atoms with van der Waals surface area (Å²) in [4.78, 5) is 0. The number of rotatable bonds is 2. The van der Waals surface area contributed by atoms with Crippen molar-refractivity contribution in [2.75, 3.05) is 7.05 Å². The molecule has 0 rings (SSSR count). The van der Waals surface area contributed by atoms with E-state index in [4.69, 9.17) is 5.84 Å². The molecule has 8 heavy (non-hydrogen) atoms. The number of hydrazine groups is 1. The van der Waals surface area contributed by atoms with Crippen LogP contribution in [0.3, 0.4) is 0 Å². The monoisotopic (exact) mass is 128 g/mol. The molecule has 3 heteroatoms. The average molecular weight is 128 g/mol. The highest BCUT2D eigenvalue weighted by Gasteiger charge is 2.15. The second-order valence-electron chi connectivity index (χ2n) is 2.32. The Bertz CT molecular complexity index is 70.8. The van der Waals surface area contributed by atoms with Gasteiger partial charge < -0.3 is 0 Å². The highest BCUT2D eigenvalue weighted by molar-refractivity contribution is 6.14. The molecular weight excluding hydrogens is 115 g/mol. The lowest BCUT2D eigenvalue weighted by Crippen LogP contribution is -2.48. The Morgan fingerprint density at radius 3 is 2.12 bits per heavy atom. The zero-order valence-electron chi connectivity index (χ0n) is 5.81. The molecule has 0 saturated carbocycles. The summed E-state index contributed by atoms with van der Waals surface area (Å²) in [7, 11) is 1.87. The SMILES string of the molecule is CC[C](C)([Al])N(C)N. The minimum absolute atomic E-state index is 0.0694. The Hall–Kier alpha value is 0.452. The smallest absolute Gasteiger partial charge is 0.157 e. The summed E-state index contributed by atoms with van der Waals surface area (Å²) in [6.07, 6.45) is 1.05. The second-order valence-corrected chi connectivity index (χ2v) is 3.57. The van der Waals surface area contributed by atoms with E-state index in [-0.39, 0.29) is 4.40 Å². The van der Waals surface area contributed by atoms with Crippen LogP contribution in [0.5, 0.6) is 0 Å². The quantitative estimate of drug-likeness (QED) is 0.324. The van der Waals surface area contributed by atoms with Crippen LogP contribution in [0.15, 0.2) is 0 Å². The van der Waals surface area contributed by atoms with Crippen molar-refractivity contribution in [1.29, 1.82) is 0 Å². The van der Waals surface area contributed by atoms with Gasteiger partial charge >= 0.3 is 0 Å². The van der Waals surface area contributed by atoms with E-state index in [1.54, 1.807) is 5.01 Å². The summed E-state index contributed by atoms with van der Waals surface area (Å²) >= 11 is 2.71. The molecule has 0 aliphatic carbocycles. The van der Waals surface area contributed by atoms with Crippen molar-refractivity contribution < 1.29 is 0 Å². The van der Waals surface area contributed by atoms with Gasteiger partial charge in [0, 0.05) is 7.05 Å². The van der Waals surface area contributed by atoms with Crippen LogP contribution in [0.4, 0.5) is 0 Å². The molecule has 0 saturated heterocycles. The Morgan fingerprint density at radius 2 is 2.12 bits per heavy atom. The summed E-state index contributed by atoms with van der Waals surface area (Å²) in [6, 6.07) is 0. The molecule has 46 valence electrons. The molecule has 0 spiro atoms. The molecule has 0 aliphatic rings. The molecule has 2 radical (unpaired) electrons. The van der Waals surface area contributed by atoms with Crippen molar-refractivity contribution in [3.8, 4) is 0 Å². The first-order valence-electron chi connectivity index (χ1n) is 2.78. The van der Waals surface area contributed by atoms with Gasteiger partial charge in [0.05, 0.1) is 0 Å². The van der Waals surface area contributed by atoms with Gasteiger partial charge in [-0.05, 0) is 4.40 Å². The molecule has 0 aliphatic heterocycles. The Labute approximate surface area is 59.4 Å². The molecule has 0 heterocycles.